The van der Waals surface area contributed by atoms with E-state index in [0.717, 1.165) is 42.0 Å². The van der Waals surface area contributed by atoms with Crippen LogP contribution in [0.5, 0.6) is 0 Å². The number of allylic oxidation sites excluding steroid dienone is 3. The van der Waals surface area contributed by atoms with Crippen LogP contribution in [0.15, 0.2) is 47.0 Å². The Morgan fingerprint density at radius 2 is 2.19 bits per heavy atom. The molecule has 1 amide bonds. The summed E-state index contributed by atoms with van der Waals surface area (Å²) < 4.78 is 6.16. The molecular weight excluding hydrogens is 342 g/mol. The molecule has 0 spiro atoms. The van der Waals surface area contributed by atoms with Gasteiger partial charge >= 0.3 is 0 Å². The molecule has 27 heavy (non-hydrogen) atoms. The zero-order chi connectivity index (χ0) is 19.4. The van der Waals surface area contributed by atoms with Gasteiger partial charge in [-0.05, 0) is 36.8 Å². The van der Waals surface area contributed by atoms with Crippen molar-refractivity contribution in [2.75, 3.05) is 19.7 Å². The van der Waals surface area contributed by atoms with Crippen molar-refractivity contribution >= 4 is 11.7 Å². The minimum atomic E-state index is -0.556. The largest absolute Gasteiger partial charge is 0.491 e. The van der Waals surface area contributed by atoms with Crippen LogP contribution in [0.1, 0.15) is 39.0 Å². The Morgan fingerprint density at radius 1 is 1.41 bits per heavy atom. The molecule has 2 aliphatic carbocycles. The highest BCUT2D eigenvalue weighted by atomic mass is 16.5. The Morgan fingerprint density at radius 3 is 2.81 bits per heavy atom. The number of unbranched alkanes of at least 4 members (excludes halogenated alkanes) is 1. The Hall–Kier alpha value is -2.34. The fourth-order valence-electron chi connectivity index (χ4n) is 3.46. The Labute approximate surface area is 160 Å². The van der Waals surface area contributed by atoms with Gasteiger partial charge in [0.2, 0.25) is 5.91 Å². The molecule has 1 fully saturated rings. The second kappa shape index (κ2) is 8.57. The van der Waals surface area contributed by atoms with Gasteiger partial charge in [0.05, 0.1) is 18.2 Å². The van der Waals surface area contributed by atoms with E-state index >= 15 is 0 Å². The lowest BCUT2D eigenvalue weighted by Crippen LogP contribution is -2.33. The zero-order valence-electron chi connectivity index (χ0n) is 15.9. The van der Waals surface area contributed by atoms with E-state index in [2.05, 4.69) is 18.0 Å². The van der Waals surface area contributed by atoms with E-state index in [4.69, 9.17) is 16.2 Å². The van der Waals surface area contributed by atoms with Crippen molar-refractivity contribution in [2.45, 2.75) is 39.0 Å². The third-order valence-electron chi connectivity index (χ3n) is 5.15. The number of carbonyl (C=O) groups is 2. The average Bonchev–Trinajstić information content (AvgIpc) is 3.44. The highest BCUT2D eigenvalue weighted by Gasteiger charge is 2.34. The number of hydrogen-bond donors (Lipinski definition) is 2. The van der Waals surface area contributed by atoms with Crippen LogP contribution in [0.25, 0.3) is 0 Å². The van der Waals surface area contributed by atoms with Gasteiger partial charge in [0.15, 0.2) is 0 Å². The number of primary amides is 1. The van der Waals surface area contributed by atoms with Gasteiger partial charge in [0, 0.05) is 31.3 Å². The molecule has 3 rings (SSSR count). The SMILES string of the molecule is CCCCOC1=C(CN)N(CC2CC2)C=C2CC(=O)C(/C=C/C(N)=O)C=C21. The number of ether oxygens (including phenoxy) is 1. The number of Topliss-reactive ketones (excluding diaryl/α,β-unsaturated/α-hetero) is 1. The van der Waals surface area contributed by atoms with Gasteiger partial charge in [-0.3, -0.25) is 9.59 Å². The number of ketones is 1. The van der Waals surface area contributed by atoms with Crippen LogP contribution in [0.2, 0.25) is 0 Å². The van der Waals surface area contributed by atoms with Gasteiger partial charge in [-0.1, -0.05) is 25.5 Å². The van der Waals surface area contributed by atoms with Crippen molar-refractivity contribution in [3.8, 4) is 0 Å². The highest BCUT2D eigenvalue weighted by Crippen LogP contribution is 2.40. The summed E-state index contributed by atoms with van der Waals surface area (Å²) in [6.45, 7) is 4.04. The molecule has 1 saturated carbocycles. The van der Waals surface area contributed by atoms with Gasteiger partial charge in [0.25, 0.3) is 0 Å². The molecule has 4 N–H and O–H groups in total. The lowest BCUT2D eigenvalue weighted by Gasteiger charge is -2.35. The van der Waals surface area contributed by atoms with Gasteiger partial charge in [0.1, 0.15) is 11.5 Å². The summed E-state index contributed by atoms with van der Waals surface area (Å²) in [5, 5.41) is 0. The molecule has 0 saturated heterocycles. The molecule has 0 aromatic heterocycles. The zero-order valence-corrected chi connectivity index (χ0v) is 15.9. The molecule has 1 atom stereocenters. The van der Waals surface area contributed by atoms with Crippen LogP contribution in [-0.2, 0) is 14.3 Å². The van der Waals surface area contributed by atoms with Crippen LogP contribution in [0.4, 0.5) is 0 Å². The standard InChI is InChI=1S/C21H29N3O3/c1-2-3-8-27-21-17-9-15(6-7-20(23)26)19(25)10-16(17)13-24(18(21)11-22)12-14-4-5-14/h6-7,9,13-15H,2-5,8,10-12,22H2,1H3,(H2,23,26)/b7-6+. The monoisotopic (exact) mass is 371 g/mol. The summed E-state index contributed by atoms with van der Waals surface area (Å²) >= 11 is 0. The fraction of sp³-hybridized carbons (Fsp3) is 0.524. The first kappa shape index (κ1) is 19.4. The van der Waals surface area contributed by atoms with Crippen LogP contribution >= 0.6 is 0 Å². The first-order valence-electron chi connectivity index (χ1n) is 9.79. The summed E-state index contributed by atoms with van der Waals surface area (Å²) in [6.07, 6.45) is 11.6. The quantitative estimate of drug-likeness (QED) is 0.478. The maximum absolute atomic E-state index is 12.5. The minimum absolute atomic E-state index is 0.0537. The van der Waals surface area contributed by atoms with E-state index in [9.17, 15) is 9.59 Å². The van der Waals surface area contributed by atoms with Crippen molar-refractivity contribution in [1.29, 1.82) is 0 Å². The van der Waals surface area contributed by atoms with Gasteiger partial charge in [-0.25, -0.2) is 0 Å². The molecule has 1 heterocycles. The maximum Gasteiger partial charge on any atom is 0.241 e. The predicted molar refractivity (Wildman–Crippen MR) is 104 cm³/mol. The molecular formula is C21H29N3O3. The maximum atomic E-state index is 12.5. The topological polar surface area (TPSA) is 98.7 Å². The average molecular weight is 371 g/mol. The third-order valence-corrected chi connectivity index (χ3v) is 5.15. The summed E-state index contributed by atoms with van der Waals surface area (Å²) in [7, 11) is 0. The Bertz CT molecular complexity index is 729. The van der Waals surface area contributed by atoms with Crippen molar-refractivity contribution in [3.63, 3.8) is 0 Å². The second-order valence-electron chi connectivity index (χ2n) is 7.44. The smallest absolute Gasteiger partial charge is 0.241 e. The van der Waals surface area contributed by atoms with Gasteiger partial charge in [-0.2, -0.15) is 0 Å². The lowest BCUT2D eigenvalue weighted by atomic mass is 9.83. The molecule has 1 aliphatic heterocycles. The molecule has 3 aliphatic rings. The van der Waals surface area contributed by atoms with E-state index < -0.39 is 11.8 Å². The lowest BCUT2D eigenvalue weighted by molar-refractivity contribution is -0.119. The number of nitrogens with two attached hydrogens (primary N) is 2. The van der Waals surface area contributed by atoms with Crippen LogP contribution < -0.4 is 11.5 Å². The number of amides is 1. The van der Waals surface area contributed by atoms with Crippen molar-refractivity contribution < 1.29 is 14.3 Å². The molecule has 6 heteroatoms. The van der Waals surface area contributed by atoms with Gasteiger partial charge in [-0.15, -0.1) is 0 Å². The Balaban J connectivity index is 1.95. The third kappa shape index (κ3) is 4.69. The number of fused-ring (bicyclic) bond motifs is 1. The number of carbonyl (C=O) groups excluding carboxylic acids is 2. The minimum Gasteiger partial charge on any atom is -0.491 e. The number of rotatable bonds is 9. The first-order valence-corrected chi connectivity index (χ1v) is 9.79. The highest BCUT2D eigenvalue weighted by molar-refractivity contribution is 5.92. The van der Waals surface area contributed by atoms with Crippen LogP contribution in [0.3, 0.4) is 0 Å². The Kier molecular flexibility index (Phi) is 6.16. The van der Waals surface area contributed by atoms with Crippen LogP contribution in [-0.4, -0.2) is 36.3 Å². The van der Waals surface area contributed by atoms with Crippen molar-refractivity contribution in [3.05, 3.63) is 47.0 Å². The first-order chi connectivity index (χ1) is 13.0. The van der Waals surface area contributed by atoms with E-state index in [-0.39, 0.29) is 5.78 Å². The molecule has 6 nitrogen and oxygen atoms in total. The molecule has 146 valence electrons. The molecule has 0 bridgehead atoms. The summed E-state index contributed by atoms with van der Waals surface area (Å²) in [5.74, 6) is 0.506. The summed E-state index contributed by atoms with van der Waals surface area (Å²) in [6, 6.07) is 0. The van der Waals surface area contributed by atoms with Crippen LogP contribution in [0, 0.1) is 11.8 Å². The van der Waals surface area contributed by atoms with E-state index in [1.807, 2.05) is 6.08 Å². The van der Waals surface area contributed by atoms with E-state index in [0.29, 0.717) is 25.5 Å². The summed E-state index contributed by atoms with van der Waals surface area (Å²) in [5.41, 5.74) is 14.1. The van der Waals surface area contributed by atoms with Crippen molar-refractivity contribution in [2.24, 2.45) is 23.3 Å². The van der Waals surface area contributed by atoms with Crippen molar-refractivity contribution in [1.82, 2.24) is 4.90 Å². The molecule has 0 radical (unpaired) electrons. The molecule has 1 unspecified atom stereocenters. The summed E-state index contributed by atoms with van der Waals surface area (Å²) in [4.78, 5) is 25.8. The number of hydrogen-bond acceptors (Lipinski definition) is 5. The molecule has 0 aromatic rings. The normalized spacial score (nSPS) is 22.7. The van der Waals surface area contributed by atoms with Gasteiger partial charge < -0.3 is 21.1 Å². The van der Waals surface area contributed by atoms with E-state index in [1.54, 1.807) is 6.08 Å². The second-order valence-corrected chi connectivity index (χ2v) is 7.44. The predicted octanol–water partition coefficient (Wildman–Crippen LogP) is 2.14. The number of nitrogens with zero attached hydrogens (tertiary/aromatic N) is 1. The van der Waals surface area contributed by atoms with E-state index in [1.165, 1.54) is 18.9 Å². The molecule has 0 aromatic carbocycles. The fourth-order valence-corrected chi connectivity index (χ4v) is 3.46.